The molecule has 0 spiro atoms. The second-order valence-corrected chi connectivity index (χ2v) is 7.81. The van der Waals surface area contributed by atoms with E-state index in [-0.39, 0.29) is 5.75 Å². The third kappa shape index (κ3) is 4.93. The molecule has 0 saturated heterocycles. The Bertz CT molecular complexity index is 920. The van der Waals surface area contributed by atoms with E-state index in [0.717, 1.165) is 16.8 Å². The standard InChI is InChI=1S/C19H21N3O2S/c1-22-19(15-18(20-22)14-17-10-6-3-7-11-17)21-25(23,24)13-12-16-8-4-2-5-9-16/h2-11,15,21H,12-14H2,1H3. The fourth-order valence-electron chi connectivity index (χ4n) is 2.62. The van der Waals surface area contributed by atoms with Crippen LogP contribution in [0.2, 0.25) is 0 Å². The molecule has 130 valence electrons. The van der Waals surface area contributed by atoms with Crippen molar-refractivity contribution in [2.45, 2.75) is 12.8 Å². The minimum atomic E-state index is -3.43. The third-order valence-electron chi connectivity index (χ3n) is 3.92. The topological polar surface area (TPSA) is 64.0 Å². The van der Waals surface area contributed by atoms with E-state index in [1.165, 1.54) is 0 Å². The molecule has 2 aromatic carbocycles. The van der Waals surface area contributed by atoms with Crippen molar-refractivity contribution in [3.8, 4) is 0 Å². The summed E-state index contributed by atoms with van der Waals surface area (Å²) in [5.41, 5.74) is 2.97. The second kappa shape index (κ2) is 7.53. The van der Waals surface area contributed by atoms with Gasteiger partial charge in [-0.2, -0.15) is 5.10 Å². The summed E-state index contributed by atoms with van der Waals surface area (Å²) in [5.74, 6) is 0.523. The van der Waals surface area contributed by atoms with Crippen LogP contribution in [0, 0.1) is 0 Å². The van der Waals surface area contributed by atoms with Gasteiger partial charge >= 0.3 is 0 Å². The maximum Gasteiger partial charge on any atom is 0.234 e. The Balaban J connectivity index is 1.65. The minimum Gasteiger partial charge on any atom is -0.268 e. The Kier molecular flexibility index (Phi) is 5.19. The first-order valence-electron chi connectivity index (χ1n) is 8.13. The van der Waals surface area contributed by atoms with Crippen LogP contribution in [0.4, 0.5) is 5.82 Å². The highest BCUT2D eigenvalue weighted by Crippen LogP contribution is 2.15. The van der Waals surface area contributed by atoms with Crippen LogP contribution in [-0.2, 0) is 29.9 Å². The smallest absolute Gasteiger partial charge is 0.234 e. The predicted molar refractivity (Wildman–Crippen MR) is 100 cm³/mol. The third-order valence-corrected chi connectivity index (χ3v) is 5.18. The number of nitrogens with one attached hydrogen (secondary N) is 1. The number of anilines is 1. The van der Waals surface area contributed by atoms with Crippen LogP contribution < -0.4 is 4.72 Å². The molecule has 3 aromatic rings. The monoisotopic (exact) mass is 355 g/mol. The number of nitrogens with zero attached hydrogens (tertiary/aromatic N) is 2. The lowest BCUT2D eigenvalue weighted by Crippen LogP contribution is -2.19. The molecule has 1 N–H and O–H groups in total. The van der Waals surface area contributed by atoms with Gasteiger partial charge in [0.15, 0.2) is 0 Å². The molecule has 0 radical (unpaired) electrons. The van der Waals surface area contributed by atoms with Crippen molar-refractivity contribution in [1.29, 1.82) is 0 Å². The molecule has 0 fully saturated rings. The molecule has 1 aromatic heterocycles. The first-order chi connectivity index (χ1) is 12.0. The highest BCUT2D eigenvalue weighted by Gasteiger charge is 2.14. The first-order valence-corrected chi connectivity index (χ1v) is 9.78. The Morgan fingerprint density at radius 2 is 1.56 bits per heavy atom. The van der Waals surface area contributed by atoms with Gasteiger partial charge in [-0.1, -0.05) is 60.7 Å². The Labute approximate surface area is 148 Å². The lowest BCUT2D eigenvalue weighted by atomic mass is 10.1. The summed E-state index contributed by atoms with van der Waals surface area (Å²) in [6.45, 7) is 0. The molecule has 0 bridgehead atoms. The quantitative estimate of drug-likeness (QED) is 0.709. The van der Waals surface area contributed by atoms with Gasteiger partial charge in [0.25, 0.3) is 0 Å². The van der Waals surface area contributed by atoms with Crippen LogP contribution in [0.15, 0.2) is 66.7 Å². The molecule has 25 heavy (non-hydrogen) atoms. The molecule has 1 heterocycles. The van der Waals surface area contributed by atoms with Crippen molar-refractivity contribution < 1.29 is 8.42 Å². The largest absolute Gasteiger partial charge is 0.268 e. The second-order valence-electron chi connectivity index (χ2n) is 5.96. The van der Waals surface area contributed by atoms with Crippen molar-refractivity contribution >= 4 is 15.8 Å². The molecular formula is C19H21N3O2S. The van der Waals surface area contributed by atoms with Gasteiger partial charge in [-0.05, 0) is 17.5 Å². The average molecular weight is 355 g/mol. The Hall–Kier alpha value is -2.60. The van der Waals surface area contributed by atoms with E-state index >= 15 is 0 Å². The number of sulfonamides is 1. The molecule has 5 nitrogen and oxygen atoms in total. The molecule has 0 saturated carbocycles. The summed E-state index contributed by atoms with van der Waals surface area (Å²) in [7, 11) is -1.69. The Morgan fingerprint density at radius 3 is 2.20 bits per heavy atom. The minimum absolute atomic E-state index is 0.0379. The van der Waals surface area contributed by atoms with Gasteiger partial charge in [-0.25, -0.2) is 8.42 Å². The molecule has 0 atom stereocenters. The van der Waals surface area contributed by atoms with Crippen LogP contribution in [0.5, 0.6) is 0 Å². The number of hydrogen-bond acceptors (Lipinski definition) is 3. The molecule has 6 heteroatoms. The highest BCUT2D eigenvalue weighted by molar-refractivity contribution is 7.92. The van der Waals surface area contributed by atoms with E-state index in [2.05, 4.69) is 9.82 Å². The number of aromatic nitrogens is 2. The molecule has 0 aliphatic heterocycles. The van der Waals surface area contributed by atoms with Gasteiger partial charge < -0.3 is 0 Å². The first kappa shape index (κ1) is 17.2. The molecule has 0 amide bonds. The van der Waals surface area contributed by atoms with Crippen molar-refractivity contribution in [3.63, 3.8) is 0 Å². The number of hydrogen-bond donors (Lipinski definition) is 1. The molecule has 0 unspecified atom stereocenters. The van der Waals surface area contributed by atoms with Gasteiger partial charge in [0.05, 0.1) is 11.4 Å². The lowest BCUT2D eigenvalue weighted by Gasteiger charge is -2.07. The van der Waals surface area contributed by atoms with Gasteiger partial charge in [-0.15, -0.1) is 0 Å². The van der Waals surface area contributed by atoms with Crippen molar-refractivity contribution in [3.05, 3.63) is 83.6 Å². The van der Waals surface area contributed by atoms with Crippen molar-refractivity contribution in [1.82, 2.24) is 9.78 Å². The molecule has 0 aliphatic carbocycles. The van der Waals surface area contributed by atoms with Crippen molar-refractivity contribution in [2.75, 3.05) is 10.5 Å². The fraction of sp³-hybridized carbons (Fsp3) is 0.211. The van der Waals surface area contributed by atoms with Gasteiger partial charge in [0, 0.05) is 19.5 Å². The summed E-state index contributed by atoms with van der Waals surface area (Å²) >= 11 is 0. The van der Waals surface area contributed by atoms with E-state index < -0.39 is 10.0 Å². The maximum absolute atomic E-state index is 12.3. The lowest BCUT2D eigenvalue weighted by molar-refractivity contribution is 0.599. The van der Waals surface area contributed by atoms with Crippen LogP contribution in [0.3, 0.4) is 0 Å². The number of aryl methyl sites for hydroxylation is 2. The fourth-order valence-corrected chi connectivity index (χ4v) is 3.74. The van der Waals surface area contributed by atoms with E-state index in [9.17, 15) is 8.42 Å². The highest BCUT2D eigenvalue weighted by atomic mass is 32.2. The molecule has 0 aliphatic rings. The summed E-state index contributed by atoms with van der Waals surface area (Å²) in [5, 5.41) is 4.40. The zero-order valence-corrected chi connectivity index (χ0v) is 14.9. The van der Waals surface area contributed by atoms with E-state index in [4.69, 9.17) is 0 Å². The van der Waals surface area contributed by atoms with Gasteiger partial charge in [0.2, 0.25) is 10.0 Å². The van der Waals surface area contributed by atoms with Gasteiger partial charge in [0.1, 0.15) is 5.82 Å². The van der Waals surface area contributed by atoms with Crippen LogP contribution in [0.25, 0.3) is 0 Å². The van der Waals surface area contributed by atoms with Crippen LogP contribution in [-0.4, -0.2) is 24.0 Å². The Morgan fingerprint density at radius 1 is 0.960 bits per heavy atom. The normalized spacial score (nSPS) is 11.4. The summed E-state index contributed by atoms with van der Waals surface area (Å²) in [4.78, 5) is 0. The zero-order chi connectivity index (χ0) is 17.7. The number of benzene rings is 2. The zero-order valence-electron chi connectivity index (χ0n) is 14.1. The SMILES string of the molecule is Cn1nc(Cc2ccccc2)cc1NS(=O)(=O)CCc1ccccc1. The predicted octanol–water partition coefficient (Wildman–Crippen LogP) is 3.00. The van der Waals surface area contributed by atoms with E-state index in [1.54, 1.807) is 17.8 Å². The summed E-state index contributed by atoms with van der Waals surface area (Å²) < 4.78 is 28.9. The van der Waals surface area contributed by atoms with Crippen LogP contribution in [0.1, 0.15) is 16.8 Å². The van der Waals surface area contributed by atoms with E-state index in [1.807, 2.05) is 60.7 Å². The summed E-state index contributed by atoms with van der Waals surface area (Å²) in [6, 6.07) is 21.4. The number of rotatable bonds is 7. The van der Waals surface area contributed by atoms with Crippen molar-refractivity contribution in [2.24, 2.45) is 7.05 Å². The molecule has 3 rings (SSSR count). The van der Waals surface area contributed by atoms with Crippen LogP contribution >= 0.6 is 0 Å². The van der Waals surface area contributed by atoms with Gasteiger partial charge in [-0.3, -0.25) is 9.40 Å². The summed E-state index contributed by atoms with van der Waals surface area (Å²) in [6.07, 6.45) is 1.14. The average Bonchev–Trinajstić information content (AvgIpc) is 2.93. The van der Waals surface area contributed by atoms with E-state index in [0.29, 0.717) is 18.7 Å². The maximum atomic E-state index is 12.3. The molecular weight excluding hydrogens is 334 g/mol.